The summed E-state index contributed by atoms with van der Waals surface area (Å²) in [4.78, 5) is 13.0. The lowest BCUT2D eigenvalue weighted by Crippen LogP contribution is -2.60. The van der Waals surface area contributed by atoms with Gasteiger partial charge in [-0.3, -0.25) is 4.79 Å². The third-order valence-corrected chi connectivity index (χ3v) is 11.7. The zero-order valence-electron chi connectivity index (χ0n) is 38.0. The average Bonchev–Trinajstić information content (AvgIpc) is 3.23. The molecule has 1 fully saturated rings. The minimum atomic E-state index is -1.57. The molecule has 1 aliphatic heterocycles. The van der Waals surface area contributed by atoms with Crippen molar-refractivity contribution < 1.29 is 39.8 Å². The van der Waals surface area contributed by atoms with Crippen LogP contribution in [0.2, 0.25) is 0 Å². The molecule has 0 radical (unpaired) electrons. The van der Waals surface area contributed by atoms with Crippen LogP contribution < -0.4 is 5.32 Å². The van der Waals surface area contributed by atoms with Crippen molar-refractivity contribution in [2.45, 2.75) is 262 Å². The van der Waals surface area contributed by atoms with Crippen LogP contribution in [-0.2, 0) is 14.3 Å². The lowest BCUT2D eigenvalue weighted by atomic mass is 9.99. The highest BCUT2D eigenvalue weighted by molar-refractivity contribution is 5.76. The third-order valence-electron chi connectivity index (χ3n) is 11.7. The Hall–Kier alpha value is -1.59. The largest absolute Gasteiger partial charge is 0.394 e. The van der Waals surface area contributed by atoms with E-state index in [1.807, 2.05) is 6.08 Å². The van der Waals surface area contributed by atoms with Crippen molar-refractivity contribution in [1.82, 2.24) is 5.32 Å². The van der Waals surface area contributed by atoms with Gasteiger partial charge in [0, 0.05) is 6.42 Å². The first-order valence-electron chi connectivity index (χ1n) is 24.7. The van der Waals surface area contributed by atoms with E-state index in [0.717, 1.165) is 38.5 Å². The van der Waals surface area contributed by atoms with Crippen LogP contribution in [-0.4, -0.2) is 87.5 Å². The standard InChI is InChI=1S/C50H93NO8/c1-3-5-7-9-11-13-15-17-18-19-20-21-22-23-24-25-26-28-30-32-34-36-38-40-46(54)51-43(42-58-50-49(57)48(56)47(55)45(41-52)59-50)44(53)39-37-35-33-31-29-27-16-14-12-10-8-6-4-2/h19-20,29,31,37,39,43-45,47-50,52-53,55-57H,3-18,21-28,30,32-36,38,40-42H2,1-2H3,(H,51,54)/b20-19-,31-29+,39-37+. The van der Waals surface area contributed by atoms with Crippen molar-refractivity contribution in [3.63, 3.8) is 0 Å². The summed E-state index contributed by atoms with van der Waals surface area (Å²) in [6.07, 6.45) is 43.4. The lowest BCUT2D eigenvalue weighted by Gasteiger charge is -2.40. The highest BCUT2D eigenvalue weighted by Crippen LogP contribution is 2.23. The number of carbonyl (C=O) groups is 1. The maximum absolute atomic E-state index is 13.0. The molecule has 0 aromatic carbocycles. The van der Waals surface area contributed by atoms with Gasteiger partial charge in [0.05, 0.1) is 25.4 Å². The summed E-state index contributed by atoms with van der Waals surface area (Å²) in [6, 6.07) is -0.819. The molecule has 0 aliphatic carbocycles. The fourth-order valence-corrected chi connectivity index (χ4v) is 7.70. The van der Waals surface area contributed by atoms with Gasteiger partial charge >= 0.3 is 0 Å². The van der Waals surface area contributed by atoms with Crippen molar-refractivity contribution in [3.8, 4) is 0 Å². The van der Waals surface area contributed by atoms with Crippen molar-refractivity contribution in [1.29, 1.82) is 0 Å². The quantitative estimate of drug-likeness (QED) is 0.0263. The molecule has 0 aromatic heterocycles. The monoisotopic (exact) mass is 836 g/mol. The summed E-state index contributed by atoms with van der Waals surface area (Å²) in [5, 5.41) is 54.2. The van der Waals surface area contributed by atoms with Gasteiger partial charge < -0.3 is 40.3 Å². The molecule has 1 rings (SSSR count). The Morgan fingerprint density at radius 3 is 1.42 bits per heavy atom. The highest BCUT2D eigenvalue weighted by Gasteiger charge is 2.44. The number of aliphatic hydroxyl groups excluding tert-OH is 5. The number of allylic oxidation sites excluding steroid dienone is 5. The van der Waals surface area contributed by atoms with E-state index in [1.54, 1.807) is 6.08 Å². The second-order valence-electron chi connectivity index (χ2n) is 17.2. The van der Waals surface area contributed by atoms with Gasteiger partial charge in [0.2, 0.25) is 5.91 Å². The fourth-order valence-electron chi connectivity index (χ4n) is 7.70. The molecular formula is C50H93NO8. The number of aliphatic hydroxyl groups is 5. The molecule has 7 atom stereocenters. The van der Waals surface area contributed by atoms with Crippen LogP contribution in [0.5, 0.6) is 0 Å². The lowest BCUT2D eigenvalue weighted by molar-refractivity contribution is -0.302. The number of hydrogen-bond donors (Lipinski definition) is 6. The molecule has 0 aromatic rings. The van der Waals surface area contributed by atoms with Gasteiger partial charge in [-0.25, -0.2) is 0 Å². The molecule has 0 bridgehead atoms. The summed E-state index contributed by atoms with van der Waals surface area (Å²) in [6.45, 7) is 3.75. The van der Waals surface area contributed by atoms with Crippen LogP contribution >= 0.6 is 0 Å². The number of nitrogens with one attached hydrogen (secondary N) is 1. The van der Waals surface area contributed by atoms with Gasteiger partial charge in [0.15, 0.2) is 6.29 Å². The van der Waals surface area contributed by atoms with E-state index in [-0.39, 0.29) is 12.5 Å². The number of unbranched alkanes of at least 4 members (excludes halogenated alkanes) is 27. The van der Waals surface area contributed by atoms with Crippen LogP contribution in [0, 0.1) is 0 Å². The average molecular weight is 836 g/mol. The molecule has 7 unspecified atom stereocenters. The van der Waals surface area contributed by atoms with Crippen LogP contribution in [0.15, 0.2) is 36.5 Å². The fraction of sp³-hybridized carbons (Fsp3) is 0.860. The van der Waals surface area contributed by atoms with Crippen molar-refractivity contribution in [2.24, 2.45) is 0 Å². The second kappa shape index (κ2) is 40.5. The molecule has 9 nitrogen and oxygen atoms in total. The highest BCUT2D eigenvalue weighted by atomic mass is 16.7. The Bertz CT molecular complexity index is 1020. The van der Waals surface area contributed by atoms with E-state index in [2.05, 4.69) is 43.5 Å². The van der Waals surface area contributed by atoms with Crippen LogP contribution in [0.3, 0.4) is 0 Å². The van der Waals surface area contributed by atoms with Gasteiger partial charge in [-0.2, -0.15) is 0 Å². The SMILES string of the molecule is CCCCCCCCC/C=C/CC/C=C/C(O)C(COC1OC(CO)C(O)C(O)C1O)NC(=O)CCCCCCCCCCCCC/C=C\CCCCCCCCCC. The molecule has 6 N–H and O–H groups in total. The number of carbonyl (C=O) groups excluding carboxylic acids is 1. The normalized spacial score (nSPS) is 21.0. The molecule has 59 heavy (non-hydrogen) atoms. The van der Waals surface area contributed by atoms with Crippen molar-refractivity contribution in [3.05, 3.63) is 36.5 Å². The maximum atomic E-state index is 13.0. The van der Waals surface area contributed by atoms with Crippen molar-refractivity contribution >= 4 is 5.91 Å². The molecule has 1 saturated heterocycles. The predicted octanol–water partition coefficient (Wildman–Crippen LogP) is 10.8. The van der Waals surface area contributed by atoms with Crippen molar-refractivity contribution in [2.75, 3.05) is 13.2 Å². The summed E-state index contributed by atoms with van der Waals surface area (Å²) >= 11 is 0. The molecule has 346 valence electrons. The van der Waals surface area contributed by atoms with Crippen LogP contribution in [0.25, 0.3) is 0 Å². The number of amides is 1. The van der Waals surface area contributed by atoms with Gasteiger partial charge in [-0.1, -0.05) is 192 Å². The minimum absolute atomic E-state index is 0.188. The Labute approximate surface area is 361 Å². The zero-order chi connectivity index (χ0) is 43.0. The van der Waals surface area contributed by atoms with Crippen LogP contribution in [0.1, 0.15) is 219 Å². The Balaban J connectivity index is 2.28. The first-order valence-corrected chi connectivity index (χ1v) is 24.7. The van der Waals surface area contributed by atoms with E-state index in [4.69, 9.17) is 9.47 Å². The van der Waals surface area contributed by atoms with Gasteiger partial charge in [0.25, 0.3) is 0 Å². The number of hydrogen-bond acceptors (Lipinski definition) is 8. The molecule has 1 aliphatic rings. The number of ether oxygens (including phenoxy) is 2. The third kappa shape index (κ3) is 31.0. The van der Waals surface area contributed by atoms with E-state index in [1.165, 1.54) is 161 Å². The molecular weight excluding hydrogens is 743 g/mol. The van der Waals surface area contributed by atoms with Crippen LogP contribution in [0.4, 0.5) is 0 Å². The van der Waals surface area contributed by atoms with E-state index in [0.29, 0.717) is 6.42 Å². The van der Waals surface area contributed by atoms with E-state index < -0.39 is 49.5 Å². The van der Waals surface area contributed by atoms with E-state index >= 15 is 0 Å². The molecule has 0 saturated carbocycles. The summed E-state index contributed by atoms with van der Waals surface area (Å²) in [5.41, 5.74) is 0. The smallest absolute Gasteiger partial charge is 0.220 e. The molecule has 0 spiro atoms. The Morgan fingerprint density at radius 1 is 0.559 bits per heavy atom. The molecule has 1 heterocycles. The van der Waals surface area contributed by atoms with Gasteiger partial charge in [-0.15, -0.1) is 0 Å². The summed E-state index contributed by atoms with van der Waals surface area (Å²) in [7, 11) is 0. The number of rotatable bonds is 41. The topological polar surface area (TPSA) is 149 Å². The molecule has 9 heteroatoms. The minimum Gasteiger partial charge on any atom is -0.394 e. The zero-order valence-corrected chi connectivity index (χ0v) is 38.0. The summed E-state index contributed by atoms with van der Waals surface area (Å²) in [5.74, 6) is -0.188. The van der Waals surface area contributed by atoms with Gasteiger partial charge in [-0.05, 0) is 57.8 Å². The van der Waals surface area contributed by atoms with E-state index in [9.17, 15) is 30.3 Å². The molecule has 1 amide bonds. The maximum Gasteiger partial charge on any atom is 0.220 e. The first kappa shape index (κ1) is 55.4. The second-order valence-corrected chi connectivity index (χ2v) is 17.2. The summed E-state index contributed by atoms with van der Waals surface area (Å²) < 4.78 is 11.2. The Morgan fingerprint density at radius 2 is 0.966 bits per heavy atom. The Kier molecular flexibility index (Phi) is 38.0. The predicted molar refractivity (Wildman–Crippen MR) is 244 cm³/mol. The first-order chi connectivity index (χ1) is 28.8. The van der Waals surface area contributed by atoms with Gasteiger partial charge in [0.1, 0.15) is 24.4 Å².